The highest BCUT2D eigenvalue weighted by Gasteiger charge is 2.34. The fourth-order valence-electron chi connectivity index (χ4n) is 2.03. The predicted octanol–water partition coefficient (Wildman–Crippen LogP) is 1.67. The van der Waals surface area contributed by atoms with E-state index in [1.54, 1.807) is 0 Å². The molecule has 0 bridgehead atoms. The highest BCUT2D eigenvalue weighted by Crippen LogP contribution is 2.34. The van der Waals surface area contributed by atoms with E-state index in [9.17, 15) is 4.79 Å². The Morgan fingerprint density at radius 2 is 2.20 bits per heavy atom. The number of hydrogen-bond donors (Lipinski definition) is 2. The number of nitrogens with two attached hydrogens (primary N) is 1. The average molecular weight is 228 g/mol. The lowest BCUT2D eigenvalue weighted by Gasteiger charge is -2.10. The first kappa shape index (κ1) is 12.0. The highest BCUT2D eigenvalue weighted by atomic mass is 35.5. The number of aliphatic carboxylic acids is 1. The Kier molecular flexibility index (Phi) is 3.37. The van der Waals surface area contributed by atoms with Gasteiger partial charge in [0.25, 0.3) is 0 Å². The van der Waals surface area contributed by atoms with E-state index < -0.39 is 11.9 Å². The Morgan fingerprint density at radius 3 is 2.80 bits per heavy atom. The van der Waals surface area contributed by atoms with Gasteiger partial charge in [0.15, 0.2) is 0 Å². The van der Waals surface area contributed by atoms with Gasteiger partial charge in [0.2, 0.25) is 0 Å². The fraction of sp³-hybridized carbons (Fsp3) is 0.364. The Morgan fingerprint density at radius 1 is 1.53 bits per heavy atom. The molecule has 0 amide bonds. The van der Waals surface area contributed by atoms with Crippen molar-refractivity contribution in [2.45, 2.75) is 19.4 Å². The van der Waals surface area contributed by atoms with Gasteiger partial charge in [-0.05, 0) is 24.5 Å². The lowest BCUT2D eigenvalue weighted by atomic mass is 10.0. The summed E-state index contributed by atoms with van der Waals surface area (Å²) in [5.41, 5.74) is 9.09. The van der Waals surface area contributed by atoms with Crippen molar-refractivity contribution in [3.63, 3.8) is 0 Å². The van der Waals surface area contributed by atoms with Crippen LogP contribution >= 0.6 is 12.4 Å². The van der Waals surface area contributed by atoms with Crippen LogP contribution in [0, 0.1) is 12.8 Å². The second-order valence-corrected chi connectivity index (χ2v) is 3.88. The second kappa shape index (κ2) is 4.21. The van der Waals surface area contributed by atoms with E-state index in [0.717, 1.165) is 16.7 Å². The topological polar surface area (TPSA) is 63.3 Å². The van der Waals surface area contributed by atoms with Crippen LogP contribution in [0.3, 0.4) is 0 Å². The van der Waals surface area contributed by atoms with Crippen LogP contribution in [0.1, 0.15) is 22.7 Å². The van der Waals surface area contributed by atoms with Crippen LogP contribution in [-0.4, -0.2) is 11.1 Å². The lowest BCUT2D eigenvalue weighted by molar-refractivity contribution is -0.142. The molecule has 0 radical (unpaired) electrons. The van der Waals surface area contributed by atoms with Crippen LogP contribution in [0.2, 0.25) is 0 Å². The van der Waals surface area contributed by atoms with E-state index in [-0.39, 0.29) is 18.4 Å². The Labute approximate surface area is 94.7 Å². The largest absolute Gasteiger partial charge is 0.481 e. The smallest absolute Gasteiger partial charge is 0.308 e. The normalized spacial score (nSPS) is 23.1. The summed E-state index contributed by atoms with van der Waals surface area (Å²) >= 11 is 0. The molecule has 0 aliphatic heterocycles. The minimum atomic E-state index is -0.800. The second-order valence-electron chi connectivity index (χ2n) is 3.88. The highest BCUT2D eigenvalue weighted by molar-refractivity contribution is 5.85. The van der Waals surface area contributed by atoms with E-state index in [4.69, 9.17) is 10.8 Å². The van der Waals surface area contributed by atoms with Crippen molar-refractivity contribution in [3.05, 3.63) is 34.9 Å². The van der Waals surface area contributed by atoms with Gasteiger partial charge in [0.05, 0.1) is 5.92 Å². The first-order chi connectivity index (χ1) is 6.59. The molecule has 2 atom stereocenters. The Balaban J connectivity index is 0.00000112. The first-order valence-electron chi connectivity index (χ1n) is 4.67. The summed E-state index contributed by atoms with van der Waals surface area (Å²) in [6.07, 6.45) is 0.562. The average Bonchev–Trinajstić information content (AvgIpc) is 2.44. The summed E-state index contributed by atoms with van der Waals surface area (Å²) in [7, 11) is 0. The molecule has 1 aliphatic carbocycles. The van der Waals surface area contributed by atoms with Crippen molar-refractivity contribution in [2.75, 3.05) is 0 Å². The molecule has 0 unspecified atom stereocenters. The summed E-state index contributed by atoms with van der Waals surface area (Å²) in [4.78, 5) is 10.9. The van der Waals surface area contributed by atoms with Gasteiger partial charge in [-0.25, -0.2) is 0 Å². The number of carboxylic acids is 1. The van der Waals surface area contributed by atoms with Crippen molar-refractivity contribution >= 4 is 18.4 Å². The van der Waals surface area contributed by atoms with Gasteiger partial charge in [-0.1, -0.05) is 23.8 Å². The van der Waals surface area contributed by atoms with Crippen molar-refractivity contribution in [1.82, 2.24) is 0 Å². The quantitative estimate of drug-likeness (QED) is 0.767. The van der Waals surface area contributed by atoms with Crippen LogP contribution in [-0.2, 0) is 11.2 Å². The Hall–Kier alpha value is -1.06. The van der Waals surface area contributed by atoms with Crippen molar-refractivity contribution in [2.24, 2.45) is 11.7 Å². The van der Waals surface area contributed by atoms with E-state index in [1.807, 2.05) is 25.1 Å². The zero-order valence-electron chi connectivity index (χ0n) is 8.43. The summed E-state index contributed by atoms with van der Waals surface area (Å²) in [5, 5.41) is 8.95. The number of fused-ring (bicyclic) bond motifs is 1. The molecule has 0 aromatic heterocycles. The molecule has 0 fully saturated rings. The molecule has 1 aromatic rings. The van der Waals surface area contributed by atoms with Gasteiger partial charge in [0.1, 0.15) is 0 Å². The zero-order chi connectivity index (χ0) is 10.3. The number of aryl methyl sites for hydroxylation is 1. The van der Waals surface area contributed by atoms with Gasteiger partial charge >= 0.3 is 5.97 Å². The van der Waals surface area contributed by atoms with Crippen molar-refractivity contribution in [3.8, 4) is 0 Å². The Bertz CT molecular complexity index is 392. The molecular weight excluding hydrogens is 214 g/mol. The third kappa shape index (κ3) is 1.98. The minimum Gasteiger partial charge on any atom is -0.481 e. The molecule has 1 aromatic carbocycles. The molecule has 2 rings (SSSR count). The third-order valence-electron chi connectivity index (χ3n) is 2.85. The standard InChI is InChI=1S/C11H13NO2.ClH/c1-6-2-3-7-5-9(11(13)14)10(12)8(7)4-6;/h2-4,9-10H,5,12H2,1H3,(H,13,14);1H/t9-,10-;/m1./s1. The van der Waals surface area contributed by atoms with E-state index in [0.29, 0.717) is 6.42 Å². The lowest BCUT2D eigenvalue weighted by Crippen LogP contribution is -2.24. The molecule has 15 heavy (non-hydrogen) atoms. The SMILES string of the molecule is Cc1ccc2c(c1)[C@@H](N)[C@H](C(=O)O)C2.Cl. The monoisotopic (exact) mass is 227 g/mol. The van der Waals surface area contributed by atoms with Crippen molar-refractivity contribution in [1.29, 1.82) is 0 Å². The summed E-state index contributed by atoms with van der Waals surface area (Å²) < 4.78 is 0. The molecule has 0 saturated carbocycles. The number of benzene rings is 1. The summed E-state index contributed by atoms with van der Waals surface area (Å²) in [5.74, 6) is -1.25. The van der Waals surface area contributed by atoms with Crippen molar-refractivity contribution < 1.29 is 9.90 Å². The van der Waals surface area contributed by atoms with Crippen LogP contribution in [0.4, 0.5) is 0 Å². The number of halogens is 1. The van der Waals surface area contributed by atoms with E-state index >= 15 is 0 Å². The van der Waals surface area contributed by atoms with Crippen LogP contribution in [0.5, 0.6) is 0 Å². The minimum absolute atomic E-state index is 0. The molecule has 82 valence electrons. The first-order valence-corrected chi connectivity index (χ1v) is 4.67. The molecular formula is C11H14ClNO2. The van der Waals surface area contributed by atoms with Gasteiger partial charge in [-0.3, -0.25) is 4.79 Å². The fourth-order valence-corrected chi connectivity index (χ4v) is 2.03. The summed E-state index contributed by atoms with van der Waals surface area (Å²) in [6, 6.07) is 5.62. The molecule has 1 aliphatic rings. The maximum atomic E-state index is 10.9. The van der Waals surface area contributed by atoms with Crippen LogP contribution in [0.25, 0.3) is 0 Å². The third-order valence-corrected chi connectivity index (χ3v) is 2.85. The van der Waals surface area contributed by atoms with Gasteiger partial charge in [0, 0.05) is 6.04 Å². The number of carboxylic acid groups (broad SMARTS) is 1. The number of carbonyl (C=O) groups is 1. The van der Waals surface area contributed by atoms with Crippen LogP contribution < -0.4 is 5.73 Å². The molecule has 4 heteroatoms. The van der Waals surface area contributed by atoms with E-state index in [2.05, 4.69) is 0 Å². The van der Waals surface area contributed by atoms with Crippen LogP contribution in [0.15, 0.2) is 18.2 Å². The molecule has 0 saturated heterocycles. The summed E-state index contributed by atoms with van der Waals surface area (Å²) in [6.45, 7) is 1.99. The molecule has 0 heterocycles. The van der Waals surface area contributed by atoms with Gasteiger partial charge in [-0.2, -0.15) is 0 Å². The maximum absolute atomic E-state index is 10.9. The van der Waals surface area contributed by atoms with Gasteiger partial charge in [-0.15, -0.1) is 12.4 Å². The number of rotatable bonds is 1. The zero-order valence-corrected chi connectivity index (χ0v) is 9.25. The van der Waals surface area contributed by atoms with E-state index in [1.165, 1.54) is 0 Å². The predicted molar refractivity (Wildman–Crippen MR) is 60.2 cm³/mol. The maximum Gasteiger partial charge on any atom is 0.308 e. The number of hydrogen-bond acceptors (Lipinski definition) is 2. The molecule has 3 nitrogen and oxygen atoms in total. The van der Waals surface area contributed by atoms with Gasteiger partial charge < -0.3 is 10.8 Å². The molecule has 3 N–H and O–H groups in total. The molecule has 0 spiro atoms.